The third kappa shape index (κ3) is 13.8. The second kappa shape index (κ2) is 23.0. The van der Waals surface area contributed by atoms with Crippen LogP contribution in [-0.4, -0.2) is 150 Å². The van der Waals surface area contributed by atoms with Crippen LogP contribution in [0.1, 0.15) is 57.1 Å². The normalized spacial score (nSPS) is 20.8. The topological polar surface area (TPSA) is 228 Å². The van der Waals surface area contributed by atoms with Gasteiger partial charge >= 0.3 is 18.2 Å². The van der Waals surface area contributed by atoms with Crippen molar-refractivity contribution in [3.8, 4) is 11.5 Å². The number of unbranched alkanes of at least 4 members (excludes halogenated alkanes) is 1. The van der Waals surface area contributed by atoms with Gasteiger partial charge in [-0.1, -0.05) is 11.6 Å². The molecule has 4 atom stereocenters. The van der Waals surface area contributed by atoms with Gasteiger partial charge in [0.1, 0.15) is 18.1 Å². The maximum absolute atomic E-state index is 12.2. The average Bonchev–Trinajstić information content (AvgIpc) is 4.08. The summed E-state index contributed by atoms with van der Waals surface area (Å²) in [5.74, 6) is 0.979. The first-order chi connectivity index (χ1) is 30.0. The Balaban J connectivity index is 0.000000845. The van der Waals surface area contributed by atoms with Crippen LogP contribution in [0.4, 0.5) is 29.7 Å². The number of halogens is 3. The molecule has 62 heavy (non-hydrogen) atoms. The third-order valence-corrected chi connectivity index (χ3v) is 12.2. The number of thioether (sulfide) groups is 1. The maximum Gasteiger partial charge on any atom is 0.490 e. The highest BCUT2D eigenvalue weighted by molar-refractivity contribution is 8.00. The lowest BCUT2D eigenvalue weighted by atomic mass is 10.0. The minimum atomic E-state index is -5.08. The van der Waals surface area contributed by atoms with E-state index in [1.54, 1.807) is 11.8 Å². The lowest BCUT2D eigenvalue weighted by Crippen LogP contribution is -2.38. The van der Waals surface area contributed by atoms with E-state index in [1.165, 1.54) is 0 Å². The van der Waals surface area contributed by atoms with Crippen molar-refractivity contribution in [3.05, 3.63) is 24.0 Å². The van der Waals surface area contributed by atoms with E-state index in [-0.39, 0.29) is 30.6 Å². The van der Waals surface area contributed by atoms with E-state index in [0.717, 1.165) is 99.5 Å². The van der Waals surface area contributed by atoms with Crippen LogP contribution in [0.3, 0.4) is 0 Å². The molecule has 4 saturated heterocycles. The molecule has 0 radical (unpaired) electrons. The zero-order chi connectivity index (χ0) is 43.9. The predicted molar refractivity (Wildman–Crippen MR) is 224 cm³/mol. The number of nitrogens with zero attached hydrogens (tertiary/aromatic N) is 6. The van der Waals surface area contributed by atoms with E-state index in [9.17, 15) is 22.8 Å². The number of carboxylic acid groups (broad SMARTS) is 1. The number of hydrogen-bond donors (Lipinski definition) is 6. The summed E-state index contributed by atoms with van der Waals surface area (Å²) in [6.45, 7) is 6.85. The number of piperidine rings is 1. The number of fused-ring (bicyclic) bond motifs is 2. The number of ether oxygens (including phenoxy) is 4. The second-order valence-corrected chi connectivity index (χ2v) is 16.6. The molecule has 7 rings (SSSR count). The highest BCUT2D eigenvalue weighted by atomic mass is 32.2. The zero-order valence-corrected chi connectivity index (χ0v) is 35.5. The summed E-state index contributed by atoms with van der Waals surface area (Å²) in [6, 6.07) is 4.58. The van der Waals surface area contributed by atoms with Crippen LogP contribution in [0.15, 0.2) is 18.3 Å². The molecule has 0 spiro atoms. The molecule has 0 bridgehead atoms. The molecule has 4 aliphatic heterocycles. The van der Waals surface area contributed by atoms with E-state index in [2.05, 4.69) is 41.8 Å². The van der Waals surface area contributed by atoms with Crippen LogP contribution in [0, 0.1) is 0 Å². The number of carbonyl (C=O) groups excluding carboxylic acids is 2. The van der Waals surface area contributed by atoms with Gasteiger partial charge in [0.2, 0.25) is 11.9 Å². The van der Waals surface area contributed by atoms with Crippen molar-refractivity contribution in [1.82, 2.24) is 46.2 Å². The molecule has 6 heterocycles. The molecule has 23 heteroatoms. The molecule has 342 valence electrons. The number of hydrogen-bond acceptors (Lipinski definition) is 15. The third-order valence-electron chi connectivity index (χ3n) is 10.7. The van der Waals surface area contributed by atoms with Gasteiger partial charge in [0.05, 0.1) is 63.9 Å². The number of nitrogens with one attached hydrogen (secondary N) is 5. The Morgan fingerprint density at radius 3 is 2.56 bits per heavy atom. The molecular formula is C39H56F3N11O8S. The van der Waals surface area contributed by atoms with Gasteiger partial charge in [-0.2, -0.15) is 29.9 Å². The Labute approximate surface area is 361 Å². The van der Waals surface area contributed by atoms with E-state index < -0.39 is 12.1 Å². The summed E-state index contributed by atoms with van der Waals surface area (Å²) >= 11 is 1.90. The Kier molecular flexibility index (Phi) is 17.3. The van der Waals surface area contributed by atoms with Crippen LogP contribution < -0.4 is 41.0 Å². The number of anilines is 2. The molecule has 2 aromatic heterocycles. The summed E-state index contributed by atoms with van der Waals surface area (Å²) < 4.78 is 56.8. The number of benzene rings is 1. The van der Waals surface area contributed by atoms with Crippen molar-refractivity contribution >= 4 is 52.3 Å². The quantitative estimate of drug-likeness (QED) is 0.0667. The number of alkyl halides is 3. The summed E-state index contributed by atoms with van der Waals surface area (Å²) in [5, 5.41) is 33.0. The van der Waals surface area contributed by atoms with Crippen LogP contribution in [0.2, 0.25) is 0 Å². The molecule has 3 aromatic rings. The van der Waals surface area contributed by atoms with Gasteiger partial charge in [-0.25, -0.2) is 19.3 Å². The number of aliphatic carboxylic acids is 1. The van der Waals surface area contributed by atoms with Crippen molar-refractivity contribution in [1.29, 1.82) is 0 Å². The van der Waals surface area contributed by atoms with Gasteiger partial charge in [0, 0.05) is 61.1 Å². The molecule has 4 aliphatic rings. The summed E-state index contributed by atoms with van der Waals surface area (Å²) in [4.78, 5) is 44.8. The number of carboxylic acids is 1. The standard InChI is InChI=1S/C37H55N11O6S.C2HF3O2/c1-51-30-19-27-28(41-36(47-12-4-5-13-47)44-35(27)40-25-7-6-10-38-21-25)20-31(30)54-23-26-22-48(46-45-26)14-16-53-18-17-52-15-11-39-33(49)9-3-2-8-32-34-29(24-55-32)42-37(50)43-34;3-2(4,5)1(6)7/h19-20,22,25,29,32,34,38H,2-18,21,23-24H2,1H3,(H,39,49)(H,40,41,44)(H2,42,43,50);(H,6,7)/t25-,29+,32+,34+;/m1./s1. The molecule has 0 saturated carbocycles. The van der Waals surface area contributed by atoms with Gasteiger partial charge in [0.15, 0.2) is 11.5 Å². The smallest absolute Gasteiger partial charge is 0.490 e. The van der Waals surface area contributed by atoms with Crippen LogP contribution in [-0.2, 0) is 32.2 Å². The lowest BCUT2D eigenvalue weighted by molar-refractivity contribution is -0.192. The first-order valence-electron chi connectivity index (χ1n) is 21.0. The van der Waals surface area contributed by atoms with E-state index in [1.807, 2.05) is 30.1 Å². The number of methoxy groups -OCH3 is 1. The average molecular weight is 896 g/mol. The largest absolute Gasteiger partial charge is 0.493 e. The summed E-state index contributed by atoms with van der Waals surface area (Å²) in [5.41, 5.74) is 1.48. The number of rotatable bonds is 21. The molecular weight excluding hydrogens is 840 g/mol. The molecule has 19 nitrogen and oxygen atoms in total. The minimum absolute atomic E-state index is 0.0389. The number of carbonyl (C=O) groups is 3. The number of amides is 3. The molecule has 0 unspecified atom stereocenters. The molecule has 0 aliphatic carbocycles. The Morgan fingerprint density at radius 2 is 1.82 bits per heavy atom. The van der Waals surface area contributed by atoms with Crippen LogP contribution in [0.5, 0.6) is 11.5 Å². The number of aromatic nitrogens is 5. The van der Waals surface area contributed by atoms with Crippen LogP contribution >= 0.6 is 11.8 Å². The molecule has 1 aromatic carbocycles. The van der Waals surface area contributed by atoms with Crippen molar-refractivity contribution < 1.29 is 51.6 Å². The fourth-order valence-electron chi connectivity index (χ4n) is 7.50. The van der Waals surface area contributed by atoms with Crippen molar-refractivity contribution in [2.24, 2.45) is 0 Å². The second-order valence-electron chi connectivity index (χ2n) is 15.3. The first kappa shape index (κ1) is 46.6. The molecule has 4 fully saturated rings. The molecule has 3 amide bonds. The van der Waals surface area contributed by atoms with Gasteiger partial charge in [-0.3, -0.25) is 4.79 Å². The van der Waals surface area contributed by atoms with Gasteiger partial charge in [-0.15, -0.1) is 5.10 Å². The van der Waals surface area contributed by atoms with Crippen molar-refractivity contribution in [3.63, 3.8) is 0 Å². The van der Waals surface area contributed by atoms with Crippen molar-refractivity contribution in [2.75, 3.05) is 82.2 Å². The van der Waals surface area contributed by atoms with Crippen LogP contribution in [0.25, 0.3) is 10.9 Å². The Hall–Kier alpha value is -4.87. The number of urea groups is 1. The fraction of sp³-hybridized carbons (Fsp3) is 0.667. The van der Waals surface area contributed by atoms with Crippen molar-refractivity contribution in [2.45, 2.75) is 94.1 Å². The van der Waals surface area contributed by atoms with Gasteiger partial charge < -0.3 is 55.5 Å². The van der Waals surface area contributed by atoms with Gasteiger partial charge in [0.25, 0.3) is 0 Å². The predicted octanol–water partition coefficient (Wildman–Crippen LogP) is 3.08. The molecule has 6 N–H and O–H groups in total. The Bertz CT molecular complexity index is 1930. The monoisotopic (exact) mass is 895 g/mol. The van der Waals surface area contributed by atoms with Gasteiger partial charge in [-0.05, 0) is 51.1 Å². The summed E-state index contributed by atoms with van der Waals surface area (Å²) in [7, 11) is 1.64. The SMILES string of the molecule is COc1cc2c(N[C@@H]3CCCNC3)nc(N3CCCC3)nc2cc1OCc1cn(CCOCCOCCNC(=O)CCCC[C@@H]2SC[C@@H]3NC(=O)N[C@@H]32)nn1.O=C(O)C(F)(F)F. The van der Waals surface area contributed by atoms with E-state index in [4.69, 9.17) is 38.8 Å². The summed E-state index contributed by atoms with van der Waals surface area (Å²) in [6.07, 6.45) is 4.58. The van der Waals surface area contributed by atoms with E-state index >= 15 is 0 Å². The fourth-order valence-corrected chi connectivity index (χ4v) is 9.05. The highest BCUT2D eigenvalue weighted by Crippen LogP contribution is 2.37. The minimum Gasteiger partial charge on any atom is -0.493 e. The maximum atomic E-state index is 12.2. The zero-order valence-electron chi connectivity index (χ0n) is 34.7. The lowest BCUT2D eigenvalue weighted by Gasteiger charge is -2.26. The first-order valence-corrected chi connectivity index (χ1v) is 22.1. The highest BCUT2D eigenvalue weighted by Gasteiger charge is 2.42. The Morgan fingerprint density at radius 1 is 1.03 bits per heavy atom. The van der Waals surface area contributed by atoms with E-state index in [0.29, 0.717) is 74.4 Å².